The molecule has 1 amide bonds. The van der Waals surface area contributed by atoms with Crippen LogP contribution in [0.2, 0.25) is 0 Å². The zero-order valence-corrected chi connectivity index (χ0v) is 11.4. The van der Waals surface area contributed by atoms with Gasteiger partial charge in [0.05, 0.1) is 0 Å². The minimum Gasteiger partial charge on any atom is -0.479 e. The first-order valence-electron chi connectivity index (χ1n) is 6.95. The number of rotatable bonds is 5. The van der Waals surface area contributed by atoms with Crippen molar-refractivity contribution in [3.63, 3.8) is 0 Å². The lowest BCUT2D eigenvalue weighted by Crippen LogP contribution is -2.43. The van der Waals surface area contributed by atoms with Crippen LogP contribution in [0.25, 0.3) is 0 Å². The molecule has 0 saturated carbocycles. The molecule has 108 valence electrons. The van der Waals surface area contributed by atoms with Gasteiger partial charge < -0.3 is 15.7 Å². The summed E-state index contributed by atoms with van der Waals surface area (Å²) in [7, 11) is 0. The average Bonchev–Trinajstić information content (AvgIpc) is 2.45. The fourth-order valence-corrected chi connectivity index (χ4v) is 2.67. The van der Waals surface area contributed by atoms with Crippen LogP contribution >= 0.6 is 0 Å². The van der Waals surface area contributed by atoms with E-state index in [-0.39, 0.29) is 5.91 Å². The molecule has 0 aromatic heterocycles. The number of nitrogens with two attached hydrogens (primary N) is 1. The summed E-state index contributed by atoms with van der Waals surface area (Å²) in [6, 6.07) is 6.59. The maximum Gasteiger partial charge on any atom is 0.331 e. The molecular weight excluding hydrogens is 256 g/mol. The topological polar surface area (TPSA) is 83.6 Å². The molecule has 1 aliphatic rings. The molecule has 0 bridgehead atoms. The quantitative estimate of drug-likeness (QED) is 0.795. The van der Waals surface area contributed by atoms with E-state index < -0.39 is 12.0 Å². The molecule has 1 heterocycles. The summed E-state index contributed by atoms with van der Waals surface area (Å²) in [6.45, 7) is 1.02. The van der Waals surface area contributed by atoms with E-state index in [0.717, 1.165) is 17.5 Å². The van der Waals surface area contributed by atoms with Gasteiger partial charge in [0.2, 0.25) is 5.91 Å². The number of amides is 1. The van der Waals surface area contributed by atoms with Crippen LogP contribution in [-0.2, 0) is 16.0 Å². The Bertz CT molecular complexity index is 502. The zero-order valence-electron chi connectivity index (χ0n) is 11.4. The highest BCUT2D eigenvalue weighted by molar-refractivity contribution is 5.85. The molecule has 1 atom stereocenters. The molecule has 1 aliphatic heterocycles. The maximum absolute atomic E-state index is 12.2. The number of hydrogen-bond acceptors (Lipinski definition) is 3. The molecule has 5 heteroatoms. The molecule has 5 nitrogen and oxygen atoms in total. The molecule has 1 aromatic rings. The van der Waals surface area contributed by atoms with Gasteiger partial charge in [0.1, 0.15) is 0 Å². The molecule has 20 heavy (non-hydrogen) atoms. The highest BCUT2D eigenvalue weighted by Gasteiger charge is 2.35. The summed E-state index contributed by atoms with van der Waals surface area (Å²) >= 11 is 0. The van der Waals surface area contributed by atoms with Gasteiger partial charge in [-0.3, -0.25) is 4.79 Å². The SMILES string of the molecule is NCCCCC(=O)N1CCc2ccccc2C1C(=O)O. The third-order valence-electron chi connectivity index (χ3n) is 3.68. The van der Waals surface area contributed by atoms with Gasteiger partial charge >= 0.3 is 5.97 Å². The van der Waals surface area contributed by atoms with Gasteiger partial charge in [-0.05, 0) is 36.9 Å². The Balaban J connectivity index is 2.18. The molecule has 0 aliphatic carbocycles. The van der Waals surface area contributed by atoms with Crippen molar-refractivity contribution in [3.05, 3.63) is 35.4 Å². The van der Waals surface area contributed by atoms with Crippen LogP contribution < -0.4 is 5.73 Å². The van der Waals surface area contributed by atoms with Gasteiger partial charge in [-0.25, -0.2) is 4.79 Å². The first kappa shape index (κ1) is 14.5. The number of carbonyl (C=O) groups excluding carboxylic acids is 1. The molecule has 0 spiro atoms. The number of nitrogens with zero attached hydrogens (tertiary/aromatic N) is 1. The van der Waals surface area contributed by atoms with Gasteiger partial charge in [-0.1, -0.05) is 24.3 Å². The first-order chi connectivity index (χ1) is 9.65. The lowest BCUT2D eigenvalue weighted by atomic mass is 9.92. The molecule has 0 fully saturated rings. The van der Waals surface area contributed by atoms with E-state index in [1.165, 1.54) is 4.90 Å². The Morgan fingerprint density at radius 1 is 1.30 bits per heavy atom. The third kappa shape index (κ3) is 2.99. The van der Waals surface area contributed by atoms with Gasteiger partial charge in [0, 0.05) is 13.0 Å². The maximum atomic E-state index is 12.2. The molecule has 1 unspecified atom stereocenters. The Morgan fingerprint density at radius 3 is 2.75 bits per heavy atom. The van der Waals surface area contributed by atoms with Crippen molar-refractivity contribution in [3.8, 4) is 0 Å². The molecule has 2 rings (SSSR count). The summed E-state index contributed by atoms with van der Waals surface area (Å²) in [6.07, 6.45) is 2.57. The number of carboxylic acid groups (broad SMARTS) is 1. The van der Waals surface area contributed by atoms with Crippen LogP contribution in [0.1, 0.15) is 36.4 Å². The van der Waals surface area contributed by atoms with Gasteiger partial charge in [-0.15, -0.1) is 0 Å². The summed E-state index contributed by atoms with van der Waals surface area (Å²) in [5.41, 5.74) is 7.17. The van der Waals surface area contributed by atoms with Crippen molar-refractivity contribution in [1.82, 2.24) is 4.90 Å². The summed E-state index contributed by atoms with van der Waals surface area (Å²) in [4.78, 5) is 25.3. The van der Waals surface area contributed by atoms with Gasteiger partial charge in [-0.2, -0.15) is 0 Å². The lowest BCUT2D eigenvalue weighted by molar-refractivity contribution is -0.151. The minimum absolute atomic E-state index is 0.0969. The number of aliphatic carboxylic acids is 1. The van der Waals surface area contributed by atoms with Crippen LogP contribution in [0.5, 0.6) is 0 Å². The third-order valence-corrected chi connectivity index (χ3v) is 3.68. The number of unbranched alkanes of at least 4 members (excludes halogenated alkanes) is 1. The standard InChI is InChI=1S/C15H20N2O3/c16-9-4-3-7-13(18)17-10-8-11-5-1-2-6-12(11)14(17)15(19)20/h1-2,5-6,14H,3-4,7-10,16H2,(H,19,20). The highest BCUT2D eigenvalue weighted by Crippen LogP contribution is 2.30. The van der Waals surface area contributed by atoms with Crippen LogP contribution in [0.15, 0.2) is 24.3 Å². The van der Waals surface area contributed by atoms with Crippen molar-refractivity contribution in [2.45, 2.75) is 31.7 Å². The van der Waals surface area contributed by atoms with E-state index >= 15 is 0 Å². The Morgan fingerprint density at radius 2 is 2.05 bits per heavy atom. The minimum atomic E-state index is -0.968. The molecule has 1 aromatic carbocycles. The second kappa shape index (κ2) is 6.52. The summed E-state index contributed by atoms with van der Waals surface area (Å²) in [5, 5.41) is 9.46. The lowest BCUT2D eigenvalue weighted by Gasteiger charge is -2.34. The van der Waals surface area contributed by atoms with Crippen molar-refractivity contribution in [2.75, 3.05) is 13.1 Å². The predicted octanol–water partition coefficient (Wildman–Crippen LogP) is 1.33. The number of fused-ring (bicyclic) bond motifs is 1. The monoisotopic (exact) mass is 276 g/mol. The normalized spacial score (nSPS) is 17.6. The Hall–Kier alpha value is -1.88. The number of carboxylic acids is 1. The number of benzene rings is 1. The van der Waals surface area contributed by atoms with Crippen molar-refractivity contribution < 1.29 is 14.7 Å². The first-order valence-corrected chi connectivity index (χ1v) is 6.95. The van der Waals surface area contributed by atoms with E-state index in [2.05, 4.69) is 0 Å². The second-order valence-corrected chi connectivity index (χ2v) is 5.02. The van der Waals surface area contributed by atoms with Crippen molar-refractivity contribution in [2.24, 2.45) is 5.73 Å². The average molecular weight is 276 g/mol. The Kier molecular flexibility index (Phi) is 4.74. The molecule has 3 N–H and O–H groups in total. The molecule has 0 saturated heterocycles. The Labute approximate surface area is 118 Å². The van der Waals surface area contributed by atoms with Crippen LogP contribution in [-0.4, -0.2) is 35.0 Å². The largest absolute Gasteiger partial charge is 0.479 e. The van der Waals surface area contributed by atoms with E-state index in [1.807, 2.05) is 18.2 Å². The van der Waals surface area contributed by atoms with Crippen LogP contribution in [0.4, 0.5) is 0 Å². The van der Waals surface area contributed by atoms with Crippen molar-refractivity contribution >= 4 is 11.9 Å². The summed E-state index contributed by atoms with van der Waals surface area (Å²) in [5.74, 6) is -1.07. The molecule has 0 radical (unpaired) electrons. The zero-order chi connectivity index (χ0) is 14.5. The smallest absolute Gasteiger partial charge is 0.331 e. The van der Waals surface area contributed by atoms with E-state index in [1.54, 1.807) is 6.07 Å². The fourth-order valence-electron chi connectivity index (χ4n) is 2.67. The van der Waals surface area contributed by atoms with E-state index in [9.17, 15) is 14.7 Å². The molecular formula is C15H20N2O3. The summed E-state index contributed by atoms with van der Waals surface area (Å²) < 4.78 is 0. The fraction of sp³-hybridized carbons (Fsp3) is 0.467. The predicted molar refractivity (Wildman–Crippen MR) is 75.1 cm³/mol. The van der Waals surface area contributed by atoms with E-state index in [4.69, 9.17) is 5.73 Å². The van der Waals surface area contributed by atoms with Crippen molar-refractivity contribution in [1.29, 1.82) is 0 Å². The second-order valence-electron chi connectivity index (χ2n) is 5.02. The van der Waals surface area contributed by atoms with Crippen LogP contribution in [0, 0.1) is 0 Å². The van der Waals surface area contributed by atoms with Gasteiger partial charge in [0.15, 0.2) is 6.04 Å². The number of hydrogen-bond donors (Lipinski definition) is 2. The van der Waals surface area contributed by atoms with E-state index in [0.29, 0.717) is 32.4 Å². The van der Waals surface area contributed by atoms with Crippen LogP contribution in [0.3, 0.4) is 0 Å². The van der Waals surface area contributed by atoms with Gasteiger partial charge in [0.25, 0.3) is 0 Å². The number of carbonyl (C=O) groups is 2. The highest BCUT2D eigenvalue weighted by atomic mass is 16.4.